The summed E-state index contributed by atoms with van der Waals surface area (Å²) in [6, 6.07) is 7.36. The minimum atomic E-state index is -0.532. The Kier molecular flexibility index (Phi) is 4.99. The fourth-order valence-corrected chi connectivity index (χ4v) is 2.94. The zero-order valence-corrected chi connectivity index (χ0v) is 16.1. The van der Waals surface area contributed by atoms with Gasteiger partial charge in [0.15, 0.2) is 0 Å². The quantitative estimate of drug-likeness (QED) is 0.678. The third-order valence-corrected chi connectivity index (χ3v) is 4.19. The van der Waals surface area contributed by atoms with E-state index in [1.165, 1.54) is 4.52 Å². The van der Waals surface area contributed by atoms with E-state index >= 15 is 0 Å². The summed E-state index contributed by atoms with van der Waals surface area (Å²) in [5.74, 6) is -0.547. The summed E-state index contributed by atoms with van der Waals surface area (Å²) in [7, 11) is 0. The van der Waals surface area contributed by atoms with E-state index in [4.69, 9.17) is 0 Å². The van der Waals surface area contributed by atoms with Crippen LogP contribution in [-0.2, 0) is 4.79 Å². The van der Waals surface area contributed by atoms with Gasteiger partial charge in [0.2, 0.25) is 11.7 Å². The van der Waals surface area contributed by atoms with E-state index in [1.54, 1.807) is 6.07 Å². The molecule has 0 spiro atoms. The predicted octanol–water partition coefficient (Wildman–Crippen LogP) is 2.18. The summed E-state index contributed by atoms with van der Waals surface area (Å²) in [6.45, 7) is 5.40. The topological polar surface area (TPSA) is 101 Å². The molecule has 134 valence electrons. The van der Waals surface area contributed by atoms with Crippen molar-refractivity contribution in [2.75, 3.05) is 11.9 Å². The Morgan fingerprint density at radius 1 is 1.15 bits per heavy atom. The van der Waals surface area contributed by atoms with Gasteiger partial charge in [0, 0.05) is 21.5 Å². The Morgan fingerprint density at radius 3 is 2.65 bits per heavy atom. The number of carbonyl (C=O) groups is 2. The lowest BCUT2D eigenvalue weighted by Crippen LogP contribution is -2.33. The maximum atomic E-state index is 12.2. The van der Waals surface area contributed by atoms with Gasteiger partial charge in [0.05, 0.1) is 6.54 Å². The molecular weight excluding hydrogens is 400 g/mol. The Hall–Kier alpha value is -2.81. The molecule has 26 heavy (non-hydrogen) atoms. The van der Waals surface area contributed by atoms with E-state index in [-0.39, 0.29) is 18.3 Å². The van der Waals surface area contributed by atoms with Crippen molar-refractivity contribution in [3.05, 3.63) is 51.5 Å². The number of hydrogen-bond donors (Lipinski definition) is 2. The lowest BCUT2D eigenvalue weighted by atomic mass is 10.2. The number of nitrogens with zero attached hydrogens (tertiary/aromatic N) is 4. The van der Waals surface area contributed by atoms with Crippen LogP contribution in [-0.4, -0.2) is 37.9 Å². The number of anilines is 1. The second kappa shape index (κ2) is 7.20. The number of aromatic nitrogens is 4. The average Bonchev–Trinajstić information content (AvgIpc) is 2.99. The van der Waals surface area contributed by atoms with Crippen LogP contribution in [0.5, 0.6) is 0 Å². The van der Waals surface area contributed by atoms with Crippen molar-refractivity contribution in [1.29, 1.82) is 0 Å². The summed E-state index contributed by atoms with van der Waals surface area (Å²) >= 11 is 3.37. The highest BCUT2D eigenvalue weighted by atomic mass is 79.9. The van der Waals surface area contributed by atoms with E-state index in [0.717, 1.165) is 21.4 Å². The predicted molar refractivity (Wildman–Crippen MR) is 100 cm³/mol. The highest BCUT2D eigenvalue weighted by Gasteiger charge is 2.16. The summed E-state index contributed by atoms with van der Waals surface area (Å²) < 4.78 is 2.42. The molecule has 0 atom stereocenters. The molecule has 0 fully saturated rings. The van der Waals surface area contributed by atoms with Gasteiger partial charge in [-0.15, -0.1) is 5.10 Å². The first-order valence-electron chi connectivity index (χ1n) is 7.88. The monoisotopic (exact) mass is 416 g/mol. The Balaban J connectivity index is 1.65. The normalized spacial score (nSPS) is 10.8. The largest absolute Gasteiger partial charge is 0.340 e. The molecule has 0 aliphatic rings. The number of benzene rings is 1. The van der Waals surface area contributed by atoms with Gasteiger partial charge < -0.3 is 10.6 Å². The van der Waals surface area contributed by atoms with Crippen molar-refractivity contribution in [2.45, 2.75) is 20.8 Å². The lowest BCUT2D eigenvalue weighted by molar-refractivity contribution is -0.115. The highest BCUT2D eigenvalue weighted by molar-refractivity contribution is 9.10. The first-order chi connectivity index (χ1) is 12.3. The lowest BCUT2D eigenvalue weighted by Gasteiger charge is -2.09. The summed E-state index contributed by atoms with van der Waals surface area (Å²) in [6.07, 6.45) is 0. The maximum absolute atomic E-state index is 12.2. The molecule has 2 heterocycles. The number of hydrogen-bond acceptors (Lipinski definition) is 5. The maximum Gasteiger partial charge on any atom is 0.291 e. The van der Waals surface area contributed by atoms with Crippen LogP contribution in [0, 0.1) is 20.8 Å². The minimum Gasteiger partial charge on any atom is -0.340 e. The molecule has 2 amide bonds. The second-order valence-electron chi connectivity index (χ2n) is 5.88. The van der Waals surface area contributed by atoms with Gasteiger partial charge in [-0.05, 0) is 50.6 Å². The molecule has 0 unspecified atom stereocenters. The molecule has 1 aromatic carbocycles. The van der Waals surface area contributed by atoms with E-state index in [2.05, 4.69) is 41.6 Å². The van der Waals surface area contributed by atoms with Crippen LogP contribution in [0.2, 0.25) is 0 Å². The number of nitrogens with one attached hydrogen (secondary N) is 2. The van der Waals surface area contributed by atoms with Crippen LogP contribution in [0.1, 0.15) is 27.6 Å². The van der Waals surface area contributed by atoms with Crippen molar-refractivity contribution >= 4 is 39.2 Å². The molecule has 0 bridgehead atoms. The third kappa shape index (κ3) is 3.88. The minimum absolute atomic E-state index is 0.0289. The molecule has 2 N–H and O–H groups in total. The molecule has 8 nitrogen and oxygen atoms in total. The van der Waals surface area contributed by atoms with Crippen LogP contribution in [0.3, 0.4) is 0 Å². The number of rotatable bonds is 4. The molecule has 3 rings (SSSR count). The van der Waals surface area contributed by atoms with E-state index in [0.29, 0.717) is 11.5 Å². The van der Waals surface area contributed by atoms with Crippen LogP contribution in [0.4, 0.5) is 5.69 Å². The van der Waals surface area contributed by atoms with Crippen LogP contribution < -0.4 is 10.6 Å². The van der Waals surface area contributed by atoms with Crippen molar-refractivity contribution in [2.24, 2.45) is 0 Å². The summed E-state index contributed by atoms with van der Waals surface area (Å²) in [5, 5.41) is 9.41. The van der Waals surface area contributed by atoms with Gasteiger partial charge in [0.25, 0.3) is 11.7 Å². The van der Waals surface area contributed by atoms with Crippen LogP contribution in [0.15, 0.2) is 28.7 Å². The fraction of sp³-hybridized carbons (Fsp3) is 0.235. The molecule has 0 aliphatic carbocycles. The molecule has 2 aromatic heterocycles. The average molecular weight is 417 g/mol. The summed E-state index contributed by atoms with van der Waals surface area (Å²) in [4.78, 5) is 32.6. The number of fused-ring (bicyclic) bond motifs is 1. The number of carbonyl (C=O) groups excluding carboxylic acids is 2. The standard InChI is InChI=1S/C17H17BrN6O2/c1-9-6-12(18)4-5-13(9)21-14(25)8-19-16(26)15-22-17-20-10(2)7-11(3)24(17)23-15/h4-7H,8H2,1-3H3,(H,19,26)(H,21,25). The molecule has 0 radical (unpaired) electrons. The van der Waals surface area contributed by atoms with Gasteiger partial charge in [-0.1, -0.05) is 15.9 Å². The second-order valence-corrected chi connectivity index (χ2v) is 6.79. The highest BCUT2D eigenvalue weighted by Crippen LogP contribution is 2.19. The third-order valence-electron chi connectivity index (χ3n) is 3.69. The van der Waals surface area contributed by atoms with Crippen LogP contribution in [0.25, 0.3) is 5.78 Å². The van der Waals surface area contributed by atoms with Gasteiger partial charge in [-0.25, -0.2) is 9.50 Å². The van der Waals surface area contributed by atoms with Crippen molar-refractivity contribution in [3.63, 3.8) is 0 Å². The zero-order valence-electron chi connectivity index (χ0n) is 14.5. The van der Waals surface area contributed by atoms with Crippen LogP contribution >= 0.6 is 15.9 Å². The van der Waals surface area contributed by atoms with Gasteiger partial charge in [0.1, 0.15) is 0 Å². The molecular formula is C17H17BrN6O2. The van der Waals surface area contributed by atoms with Crippen molar-refractivity contribution < 1.29 is 9.59 Å². The molecule has 0 aliphatic heterocycles. The molecule has 0 saturated heterocycles. The first kappa shape index (κ1) is 18.0. The molecule has 9 heteroatoms. The van der Waals surface area contributed by atoms with Gasteiger partial charge >= 0.3 is 0 Å². The zero-order chi connectivity index (χ0) is 18.8. The number of aryl methyl sites for hydroxylation is 3. The van der Waals surface area contributed by atoms with Gasteiger partial charge in [-0.3, -0.25) is 9.59 Å². The van der Waals surface area contributed by atoms with Gasteiger partial charge in [-0.2, -0.15) is 4.98 Å². The smallest absolute Gasteiger partial charge is 0.291 e. The molecule has 3 aromatic rings. The Bertz CT molecular complexity index is 1010. The SMILES string of the molecule is Cc1cc(C)n2nc(C(=O)NCC(=O)Nc3ccc(Br)cc3C)nc2n1. The first-order valence-corrected chi connectivity index (χ1v) is 8.68. The Labute approximate surface area is 158 Å². The van der Waals surface area contributed by atoms with Crippen molar-refractivity contribution in [3.8, 4) is 0 Å². The number of halogens is 1. The number of amides is 2. The fourth-order valence-electron chi connectivity index (χ4n) is 2.46. The van der Waals surface area contributed by atoms with E-state index < -0.39 is 5.91 Å². The summed E-state index contributed by atoms with van der Waals surface area (Å²) in [5.41, 5.74) is 3.22. The van der Waals surface area contributed by atoms with E-state index in [1.807, 2.05) is 39.0 Å². The van der Waals surface area contributed by atoms with E-state index in [9.17, 15) is 9.59 Å². The molecule has 0 saturated carbocycles. The van der Waals surface area contributed by atoms with Crippen molar-refractivity contribution in [1.82, 2.24) is 24.9 Å². The Morgan fingerprint density at radius 2 is 1.92 bits per heavy atom.